The zero-order valence-electron chi connectivity index (χ0n) is 23.2. The standard InChI is InChI=1S/C40H29B/c1-25-9-8-14-28(15-25)31-20-36-23-34-18-29(26-10-4-2-5-11-26)16-32-22-33-17-30(27-12-6-3-7-13-27)19-35-24-37(21-31)40(36)41(38(32)34)39(33)35/h2-21H,22-24H2,1H3. The van der Waals surface area contributed by atoms with Crippen molar-refractivity contribution in [2.45, 2.75) is 26.2 Å². The molecule has 41 heavy (non-hydrogen) atoms. The molecule has 0 radical (unpaired) electrons. The monoisotopic (exact) mass is 520 g/mol. The zero-order valence-corrected chi connectivity index (χ0v) is 23.2. The lowest BCUT2D eigenvalue weighted by Crippen LogP contribution is -2.64. The van der Waals surface area contributed by atoms with E-state index in [0.29, 0.717) is 6.71 Å². The van der Waals surface area contributed by atoms with Gasteiger partial charge in [-0.1, -0.05) is 143 Å². The van der Waals surface area contributed by atoms with Gasteiger partial charge >= 0.3 is 0 Å². The van der Waals surface area contributed by atoms with Crippen LogP contribution in [0.3, 0.4) is 0 Å². The third-order valence-electron chi connectivity index (χ3n) is 9.63. The molecule has 0 aromatic heterocycles. The molecule has 3 aliphatic heterocycles. The summed E-state index contributed by atoms with van der Waals surface area (Å²) in [6, 6.07) is 45.8. The van der Waals surface area contributed by atoms with Crippen LogP contribution in [0, 0.1) is 6.92 Å². The molecule has 6 aromatic carbocycles. The first kappa shape index (κ1) is 23.1. The maximum absolute atomic E-state index is 2.50. The third kappa shape index (κ3) is 3.55. The van der Waals surface area contributed by atoms with Crippen molar-refractivity contribution in [1.29, 1.82) is 0 Å². The summed E-state index contributed by atoms with van der Waals surface area (Å²) >= 11 is 0. The number of benzene rings is 6. The molecular weight excluding hydrogens is 491 g/mol. The van der Waals surface area contributed by atoms with Crippen LogP contribution in [0.1, 0.15) is 38.9 Å². The van der Waals surface area contributed by atoms with E-state index < -0.39 is 0 Å². The van der Waals surface area contributed by atoms with Gasteiger partial charge in [-0.2, -0.15) is 0 Å². The summed E-state index contributed by atoms with van der Waals surface area (Å²) < 4.78 is 0. The van der Waals surface area contributed by atoms with Gasteiger partial charge in [0, 0.05) is 0 Å². The highest BCUT2D eigenvalue weighted by Crippen LogP contribution is 2.36. The minimum Gasteiger partial charge on any atom is -0.0622 e. The molecule has 0 saturated heterocycles. The van der Waals surface area contributed by atoms with E-state index in [1.54, 1.807) is 16.4 Å². The maximum atomic E-state index is 2.50. The summed E-state index contributed by atoms with van der Waals surface area (Å²) in [5.74, 6) is 0. The normalized spacial score (nSPS) is 13.6. The molecule has 0 atom stereocenters. The fourth-order valence-corrected chi connectivity index (χ4v) is 7.96. The van der Waals surface area contributed by atoms with Gasteiger partial charge in [0.25, 0.3) is 0 Å². The third-order valence-corrected chi connectivity index (χ3v) is 9.63. The summed E-state index contributed by atoms with van der Waals surface area (Å²) in [5, 5.41) is 0. The minimum atomic E-state index is 0.340. The fourth-order valence-electron chi connectivity index (χ4n) is 7.96. The van der Waals surface area contributed by atoms with Gasteiger partial charge in [0.15, 0.2) is 0 Å². The summed E-state index contributed by atoms with van der Waals surface area (Å²) in [7, 11) is 0. The van der Waals surface area contributed by atoms with Gasteiger partial charge < -0.3 is 0 Å². The van der Waals surface area contributed by atoms with E-state index in [9.17, 15) is 0 Å². The maximum Gasteiger partial charge on any atom is 0.243 e. The molecule has 6 aromatic rings. The molecule has 0 bridgehead atoms. The highest BCUT2D eigenvalue weighted by Gasteiger charge is 2.42. The van der Waals surface area contributed by atoms with Gasteiger partial charge in [-0.05, 0) is 92.9 Å². The Kier molecular flexibility index (Phi) is 4.90. The molecule has 9 rings (SSSR count). The second kappa shape index (κ2) is 8.69. The van der Waals surface area contributed by atoms with E-state index in [-0.39, 0.29) is 0 Å². The molecule has 0 saturated carbocycles. The highest BCUT2D eigenvalue weighted by molar-refractivity contribution is 6.98. The van der Waals surface area contributed by atoms with Gasteiger partial charge in [0.05, 0.1) is 0 Å². The quantitative estimate of drug-likeness (QED) is 0.216. The lowest BCUT2D eigenvalue weighted by Gasteiger charge is -2.40. The molecule has 1 heteroatoms. The molecule has 3 aliphatic rings. The van der Waals surface area contributed by atoms with Crippen LogP contribution in [0.5, 0.6) is 0 Å². The summed E-state index contributed by atoms with van der Waals surface area (Å²) in [6.07, 6.45) is 3.02. The Labute approximate surface area is 242 Å². The molecule has 0 nitrogen and oxygen atoms in total. The summed E-state index contributed by atoms with van der Waals surface area (Å²) in [5.41, 5.74) is 23.1. The van der Waals surface area contributed by atoms with Crippen molar-refractivity contribution >= 4 is 23.1 Å². The second-order valence-corrected chi connectivity index (χ2v) is 12.2. The Morgan fingerprint density at radius 2 is 0.732 bits per heavy atom. The van der Waals surface area contributed by atoms with Crippen molar-refractivity contribution in [1.82, 2.24) is 0 Å². The van der Waals surface area contributed by atoms with Crippen LogP contribution in [0.15, 0.2) is 121 Å². The minimum absolute atomic E-state index is 0.340. The number of hydrogen-bond donors (Lipinski definition) is 0. The molecule has 0 amide bonds. The number of rotatable bonds is 3. The van der Waals surface area contributed by atoms with E-state index in [2.05, 4.69) is 128 Å². The molecule has 192 valence electrons. The van der Waals surface area contributed by atoms with Crippen LogP contribution in [0.2, 0.25) is 0 Å². The largest absolute Gasteiger partial charge is 0.243 e. The average molecular weight is 520 g/mol. The number of hydrogen-bond acceptors (Lipinski definition) is 0. The summed E-state index contributed by atoms with van der Waals surface area (Å²) in [6.45, 7) is 2.53. The van der Waals surface area contributed by atoms with Crippen LogP contribution in [-0.4, -0.2) is 6.71 Å². The van der Waals surface area contributed by atoms with E-state index in [0.717, 1.165) is 19.3 Å². The first-order chi connectivity index (χ1) is 20.2. The van der Waals surface area contributed by atoms with Crippen molar-refractivity contribution < 1.29 is 0 Å². The van der Waals surface area contributed by atoms with Crippen LogP contribution < -0.4 is 16.4 Å². The van der Waals surface area contributed by atoms with E-state index >= 15 is 0 Å². The predicted molar refractivity (Wildman–Crippen MR) is 173 cm³/mol. The van der Waals surface area contributed by atoms with Crippen LogP contribution in [-0.2, 0) is 19.3 Å². The first-order valence-corrected chi connectivity index (χ1v) is 14.8. The fraction of sp³-hybridized carbons (Fsp3) is 0.100. The Morgan fingerprint density at radius 1 is 0.366 bits per heavy atom. The molecule has 0 unspecified atom stereocenters. The van der Waals surface area contributed by atoms with Crippen molar-refractivity contribution in [3.8, 4) is 33.4 Å². The molecule has 0 aliphatic carbocycles. The molecular formula is C40H29B. The van der Waals surface area contributed by atoms with Crippen molar-refractivity contribution in [3.05, 3.63) is 160 Å². The van der Waals surface area contributed by atoms with Gasteiger partial charge in [-0.3, -0.25) is 0 Å². The SMILES string of the molecule is Cc1cccc(-c2cc3c4c(c2)Cc2cc(-c5ccccc5)cc5c2B4c2c(cc(-c4ccccc4)cc2C3)C5)c1. The average Bonchev–Trinajstić information content (AvgIpc) is 3.01. The Balaban J connectivity index is 1.31. The van der Waals surface area contributed by atoms with Gasteiger partial charge in [0.1, 0.15) is 0 Å². The van der Waals surface area contributed by atoms with Crippen LogP contribution in [0.25, 0.3) is 33.4 Å². The highest BCUT2D eigenvalue weighted by atomic mass is 14.3. The van der Waals surface area contributed by atoms with Gasteiger partial charge in [0.2, 0.25) is 6.71 Å². The van der Waals surface area contributed by atoms with E-state index in [1.807, 2.05) is 0 Å². The Hall–Kier alpha value is -4.62. The molecule has 3 heterocycles. The summed E-state index contributed by atoms with van der Waals surface area (Å²) in [4.78, 5) is 0. The predicted octanol–water partition coefficient (Wildman–Crippen LogP) is 7.22. The van der Waals surface area contributed by atoms with Crippen molar-refractivity contribution in [2.24, 2.45) is 0 Å². The van der Waals surface area contributed by atoms with E-state index in [4.69, 9.17) is 0 Å². The second-order valence-electron chi connectivity index (χ2n) is 12.2. The number of aryl methyl sites for hydroxylation is 1. The zero-order chi connectivity index (χ0) is 27.1. The van der Waals surface area contributed by atoms with Crippen molar-refractivity contribution in [2.75, 3.05) is 0 Å². The van der Waals surface area contributed by atoms with Gasteiger partial charge in [-0.15, -0.1) is 0 Å². The van der Waals surface area contributed by atoms with E-state index in [1.165, 1.54) is 72.3 Å². The molecule has 0 fully saturated rings. The van der Waals surface area contributed by atoms with Crippen molar-refractivity contribution in [3.63, 3.8) is 0 Å². The topological polar surface area (TPSA) is 0 Å². The first-order valence-electron chi connectivity index (χ1n) is 14.8. The Morgan fingerprint density at radius 3 is 1.12 bits per heavy atom. The molecule has 0 N–H and O–H groups in total. The lowest BCUT2D eigenvalue weighted by atomic mass is 9.28. The smallest absolute Gasteiger partial charge is 0.0622 e. The Bertz CT molecular complexity index is 1900. The van der Waals surface area contributed by atoms with Crippen LogP contribution >= 0.6 is 0 Å². The van der Waals surface area contributed by atoms with Gasteiger partial charge in [-0.25, -0.2) is 0 Å². The lowest BCUT2D eigenvalue weighted by molar-refractivity contribution is 1.10. The molecule has 0 spiro atoms. The van der Waals surface area contributed by atoms with Crippen LogP contribution in [0.4, 0.5) is 0 Å².